The summed E-state index contributed by atoms with van der Waals surface area (Å²) >= 11 is 15.0. The van der Waals surface area contributed by atoms with Gasteiger partial charge in [-0.25, -0.2) is 0 Å². The second-order valence-electron chi connectivity index (χ2n) is 5.13. The summed E-state index contributed by atoms with van der Waals surface area (Å²) in [6.45, 7) is 4.00. The Kier molecular flexibility index (Phi) is 6.27. The van der Waals surface area contributed by atoms with Crippen molar-refractivity contribution in [1.29, 1.82) is 0 Å². The molecule has 0 bridgehead atoms. The largest absolute Gasteiger partial charge is 0.496 e. The molecule has 3 nitrogen and oxygen atoms in total. The van der Waals surface area contributed by atoms with Gasteiger partial charge in [-0.1, -0.05) is 23.7 Å². The molecule has 0 saturated heterocycles. The van der Waals surface area contributed by atoms with Crippen molar-refractivity contribution in [3.63, 3.8) is 0 Å². The van der Waals surface area contributed by atoms with Crippen LogP contribution in [-0.4, -0.2) is 12.2 Å². The first-order valence-electron chi connectivity index (χ1n) is 7.08. The molecule has 0 fully saturated rings. The molecule has 0 saturated carbocycles. The van der Waals surface area contributed by atoms with E-state index in [1.165, 1.54) is 0 Å². The third-order valence-corrected chi connectivity index (χ3v) is 4.79. The fourth-order valence-corrected chi connectivity index (χ4v) is 3.15. The Bertz CT molecular complexity index is 724. The Morgan fingerprint density at radius 3 is 2.70 bits per heavy atom. The normalized spacial score (nSPS) is 11.7. The summed E-state index contributed by atoms with van der Waals surface area (Å²) in [5.74, 6) is 0.802. The SMILES string of the molecule is COc1ccc([C@H](C)NC(=S)Nc2cccc(Cl)c2C)cc1Br. The van der Waals surface area contributed by atoms with Gasteiger partial charge in [-0.15, -0.1) is 0 Å². The van der Waals surface area contributed by atoms with Crippen LogP contribution in [0.3, 0.4) is 0 Å². The summed E-state index contributed by atoms with van der Waals surface area (Å²) < 4.78 is 6.16. The van der Waals surface area contributed by atoms with Gasteiger partial charge in [-0.05, 0) is 77.4 Å². The minimum Gasteiger partial charge on any atom is -0.496 e. The fraction of sp³-hybridized carbons (Fsp3) is 0.235. The van der Waals surface area contributed by atoms with Gasteiger partial charge in [0.05, 0.1) is 17.6 Å². The minimum absolute atomic E-state index is 0.0525. The number of nitrogens with one attached hydrogen (secondary N) is 2. The highest BCUT2D eigenvalue weighted by atomic mass is 79.9. The predicted octanol–water partition coefficient (Wildman–Crippen LogP) is 5.47. The average Bonchev–Trinajstić information content (AvgIpc) is 2.51. The lowest BCUT2D eigenvalue weighted by molar-refractivity contribution is 0.412. The first-order chi connectivity index (χ1) is 10.9. The molecular formula is C17H18BrClN2OS. The van der Waals surface area contributed by atoms with E-state index in [1.54, 1.807) is 7.11 Å². The third-order valence-electron chi connectivity index (χ3n) is 3.54. The molecule has 0 amide bonds. The van der Waals surface area contributed by atoms with Gasteiger partial charge in [-0.2, -0.15) is 0 Å². The molecule has 2 aromatic rings. The lowest BCUT2D eigenvalue weighted by Crippen LogP contribution is -2.31. The van der Waals surface area contributed by atoms with Gasteiger partial charge in [0.25, 0.3) is 0 Å². The number of methoxy groups -OCH3 is 1. The van der Waals surface area contributed by atoms with E-state index in [-0.39, 0.29) is 6.04 Å². The first-order valence-corrected chi connectivity index (χ1v) is 8.66. The Morgan fingerprint density at radius 1 is 1.30 bits per heavy atom. The maximum Gasteiger partial charge on any atom is 0.171 e. The van der Waals surface area contributed by atoms with E-state index in [0.717, 1.165) is 27.0 Å². The van der Waals surface area contributed by atoms with Crippen LogP contribution in [0.25, 0.3) is 0 Å². The lowest BCUT2D eigenvalue weighted by atomic mass is 10.1. The molecule has 0 radical (unpaired) electrons. The number of benzene rings is 2. The summed E-state index contributed by atoms with van der Waals surface area (Å²) in [6.07, 6.45) is 0. The van der Waals surface area contributed by atoms with Crippen LogP contribution in [0.1, 0.15) is 24.1 Å². The van der Waals surface area contributed by atoms with Crippen LogP contribution in [0.4, 0.5) is 5.69 Å². The molecule has 0 spiro atoms. The van der Waals surface area contributed by atoms with Gasteiger partial charge >= 0.3 is 0 Å². The zero-order valence-electron chi connectivity index (χ0n) is 13.1. The molecular weight excluding hydrogens is 396 g/mol. The molecule has 0 aliphatic rings. The molecule has 2 aromatic carbocycles. The number of rotatable bonds is 4. The molecule has 0 unspecified atom stereocenters. The number of thiocarbonyl (C=S) groups is 1. The van der Waals surface area contributed by atoms with Crippen LogP contribution < -0.4 is 15.4 Å². The summed E-state index contributed by atoms with van der Waals surface area (Å²) in [7, 11) is 1.65. The molecule has 0 heterocycles. The molecule has 23 heavy (non-hydrogen) atoms. The Balaban J connectivity index is 2.05. The zero-order valence-corrected chi connectivity index (χ0v) is 16.3. The maximum absolute atomic E-state index is 6.12. The Morgan fingerprint density at radius 2 is 2.04 bits per heavy atom. The van der Waals surface area contributed by atoms with E-state index in [9.17, 15) is 0 Å². The molecule has 122 valence electrons. The van der Waals surface area contributed by atoms with Gasteiger partial charge in [-0.3, -0.25) is 0 Å². The zero-order chi connectivity index (χ0) is 17.0. The number of anilines is 1. The number of hydrogen-bond donors (Lipinski definition) is 2. The predicted molar refractivity (Wildman–Crippen MR) is 105 cm³/mol. The van der Waals surface area contributed by atoms with Crippen molar-refractivity contribution in [3.8, 4) is 5.75 Å². The molecule has 1 atom stereocenters. The van der Waals surface area contributed by atoms with E-state index in [2.05, 4.69) is 26.6 Å². The van der Waals surface area contributed by atoms with Gasteiger partial charge in [0, 0.05) is 10.7 Å². The van der Waals surface area contributed by atoms with Crippen LogP contribution in [0.2, 0.25) is 5.02 Å². The van der Waals surface area contributed by atoms with Crippen molar-refractivity contribution in [2.45, 2.75) is 19.9 Å². The van der Waals surface area contributed by atoms with Crippen molar-refractivity contribution in [2.24, 2.45) is 0 Å². The highest BCUT2D eigenvalue weighted by Crippen LogP contribution is 2.28. The van der Waals surface area contributed by atoms with Gasteiger partial charge < -0.3 is 15.4 Å². The van der Waals surface area contributed by atoms with Crippen molar-refractivity contribution in [2.75, 3.05) is 12.4 Å². The van der Waals surface area contributed by atoms with Crippen molar-refractivity contribution in [1.82, 2.24) is 5.32 Å². The van der Waals surface area contributed by atoms with Gasteiger partial charge in [0.1, 0.15) is 5.75 Å². The second kappa shape index (κ2) is 7.99. The molecule has 2 rings (SSSR count). The highest BCUT2D eigenvalue weighted by molar-refractivity contribution is 9.10. The molecule has 0 aliphatic heterocycles. The highest BCUT2D eigenvalue weighted by Gasteiger charge is 2.11. The van der Waals surface area contributed by atoms with Crippen molar-refractivity contribution < 1.29 is 4.74 Å². The van der Waals surface area contributed by atoms with Gasteiger partial charge in [0.15, 0.2) is 5.11 Å². The van der Waals surface area contributed by atoms with E-state index in [0.29, 0.717) is 10.1 Å². The van der Waals surface area contributed by atoms with E-state index in [4.69, 9.17) is 28.6 Å². The Hall–Kier alpha value is -1.30. The quantitative estimate of drug-likeness (QED) is 0.651. The van der Waals surface area contributed by atoms with Crippen LogP contribution in [0.5, 0.6) is 5.75 Å². The van der Waals surface area contributed by atoms with E-state index < -0.39 is 0 Å². The summed E-state index contributed by atoms with van der Waals surface area (Å²) in [6, 6.07) is 11.7. The lowest BCUT2D eigenvalue weighted by Gasteiger charge is -2.19. The Labute approximate surface area is 155 Å². The third kappa shape index (κ3) is 4.59. The smallest absolute Gasteiger partial charge is 0.171 e. The molecule has 2 N–H and O–H groups in total. The van der Waals surface area contributed by atoms with Crippen LogP contribution >= 0.6 is 39.7 Å². The topological polar surface area (TPSA) is 33.3 Å². The monoisotopic (exact) mass is 412 g/mol. The second-order valence-corrected chi connectivity index (χ2v) is 6.80. The maximum atomic E-state index is 6.12. The van der Waals surface area contributed by atoms with Crippen molar-refractivity contribution >= 4 is 50.5 Å². The number of hydrogen-bond acceptors (Lipinski definition) is 2. The van der Waals surface area contributed by atoms with Gasteiger partial charge in [0.2, 0.25) is 0 Å². The first kappa shape index (κ1) is 18.0. The number of halogens is 2. The standard InChI is InChI=1S/C17H18BrClN2OS/c1-10-14(19)5-4-6-15(10)21-17(23)20-11(2)12-7-8-16(22-3)13(18)9-12/h4-9,11H,1-3H3,(H2,20,21,23)/t11-/m0/s1. The summed E-state index contributed by atoms with van der Waals surface area (Å²) in [5, 5.41) is 7.72. The van der Waals surface area contributed by atoms with Crippen molar-refractivity contribution in [3.05, 3.63) is 57.0 Å². The summed E-state index contributed by atoms with van der Waals surface area (Å²) in [4.78, 5) is 0. The summed E-state index contributed by atoms with van der Waals surface area (Å²) in [5.41, 5.74) is 2.97. The van der Waals surface area contributed by atoms with Crippen LogP contribution in [0, 0.1) is 6.92 Å². The fourth-order valence-electron chi connectivity index (χ4n) is 2.13. The molecule has 0 aromatic heterocycles. The minimum atomic E-state index is 0.0525. The van der Waals surface area contributed by atoms with Crippen LogP contribution in [0.15, 0.2) is 40.9 Å². The molecule has 0 aliphatic carbocycles. The van der Waals surface area contributed by atoms with E-state index >= 15 is 0 Å². The van der Waals surface area contributed by atoms with Crippen LogP contribution in [-0.2, 0) is 0 Å². The van der Waals surface area contributed by atoms with E-state index in [1.807, 2.05) is 50.2 Å². The number of ether oxygens (including phenoxy) is 1. The average molecular weight is 414 g/mol. The molecule has 6 heteroatoms.